The molecule has 0 bridgehead atoms. The summed E-state index contributed by atoms with van der Waals surface area (Å²) in [5, 5.41) is 11.1. The van der Waals surface area contributed by atoms with Crippen molar-refractivity contribution >= 4 is 27.7 Å². The third-order valence-electron chi connectivity index (χ3n) is 5.24. The fourth-order valence-corrected chi connectivity index (χ4v) is 3.82. The van der Waals surface area contributed by atoms with Crippen molar-refractivity contribution in [1.82, 2.24) is 4.57 Å². The van der Waals surface area contributed by atoms with E-state index in [4.69, 9.17) is 5.73 Å². The Kier molecular flexibility index (Phi) is 4.37. The predicted molar refractivity (Wildman–Crippen MR) is 112 cm³/mol. The molecule has 0 unspecified atom stereocenters. The normalized spacial score (nSPS) is 11.2. The van der Waals surface area contributed by atoms with Crippen molar-refractivity contribution in [2.75, 3.05) is 0 Å². The van der Waals surface area contributed by atoms with Crippen LogP contribution in [-0.2, 0) is 6.54 Å². The van der Waals surface area contributed by atoms with E-state index in [1.54, 1.807) is 12.1 Å². The molecule has 0 saturated heterocycles. The molecule has 4 aromatic rings. The van der Waals surface area contributed by atoms with Gasteiger partial charge in [-0.25, -0.2) is 0 Å². The molecule has 0 aliphatic rings. The fraction of sp³-hybridized carbons (Fsp3) is 0.167. The Morgan fingerprint density at radius 3 is 2.57 bits per heavy atom. The minimum absolute atomic E-state index is 0.397. The Balaban J connectivity index is 2.03. The van der Waals surface area contributed by atoms with Gasteiger partial charge in [-0.2, -0.15) is 5.26 Å². The second-order valence-corrected chi connectivity index (χ2v) is 7.39. The minimum Gasteiger partial charge on any atom is -0.366 e. The number of amides is 1. The molecule has 0 aliphatic carbocycles. The van der Waals surface area contributed by atoms with Crippen LogP contribution in [0.5, 0.6) is 0 Å². The number of nitrogens with zero attached hydrogens (tertiary/aromatic N) is 2. The number of rotatable bonds is 4. The maximum absolute atomic E-state index is 12.1. The van der Waals surface area contributed by atoms with E-state index >= 15 is 0 Å². The van der Waals surface area contributed by atoms with Gasteiger partial charge >= 0.3 is 0 Å². The number of hydrogen-bond acceptors (Lipinski definition) is 2. The Morgan fingerprint density at radius 1 is 1.07 bits per heavy atom. The highest BCUT2D eigenvalue weighted by Gasteiger charge is 2.17. The largest absolute Gasteiger partial charge is 0.366 e. The van der Waals surface area contributed by atoms with Crippen LogP contribution in [0.25, 0.3) is 21.8 Å². The lowest BCUT2D eigenvalue weighted by atomic mass is 10.00. The van der Waals surface area contributed by atoms with Crippen molar-refractivity contribution < 1.29 is 4.79 Å². The highest BCUT2D eigenvalue weighted by atomic mass is 16.1. The first-order valence-corrected chi connectivity index (χ1v) is 9.33. The van der Waals surface area contributed by atoms with E-state index in [9.17, 15) is 10.1 Å². The van der Waals surface area contributed by atoms with Crippen molar-refractivity contribution in [1.29, 1.82) is 5.26 Å². The van der Waals surface area contributed by atoms with E-state index in [1.165, 1.54) is 5.56 Å². The molecule has 0 fully saturated rings. The first kappa shape index (κ1) is 17.8. The number of nitrogens with two attached hydrogens (primary N) is 1. The van der Waals surface area contributed by atoms with Crippen LogP contribution < -0.4 is 5.73 Å². The van der Waals surface area contributed by atoms with Gasteiger partial charge in [0.1, 0.15) is 0 Å². The zero-order valence-electron chi connectivity index (χ0n) is 15.9. The number of aromatic nitrogens is 1. The van der Waals surface area contributed by atoms with Crippen LogP contribution in [0.4, 0.5) is 0 Å². The molecule has 0 spiro atoms. The second kappa shape index (κ2) is 6.86. The number of benzene rings is 3. The topological polar surface area (TPSA) is 71.8 Å². The van der Waals surface area contributed by atoms with Crippen LogP contribution in [-0.4, -0.2) is 10.5 Å². The van der Waals surface area contributed by atoms with Crippen molar-refractivity contribution in [2.45, 2.75) is 26.3 Å². The van der Waals surface area contributed by atoms with E-state index < -0.39 is 5.91 Å². The van der Waals surface area contributed by atoms with Gasteiger partial charge in [-0.3, -0.25) is 4.79 Å². The molecular weight excluding hydrogens is 346 g/mol. The van der Waals surface area contributed by atoms with Gasteiger partial charge in [0.05, 0.1) is 17.1 Å². The molecule has 0 radical (unpaired) electrons. The molecule has 0 saturated carbocycles. The third-order valence-corrected chi connectivity index (χ3v) is 5.24. The lowest BCUT2D eigenvalue weighted by Crippen LogP contribution is -2.11. The maximum Gasteiger partial charge on any atom is 0.249 e. The quantitative estimate of drug-likeness (QED) is 0.555. The summed E-state index contributed by atoms with van der Waals surface area (Å²) in [7, 11) is 0. The number of hydrogen-bond donors (Lipinski definition) is 1. The van der Waals surface area contributed by atoms with Crippen LogP contribution in [0.2, 0.25) is 0 Å². The number of fused-ring (bicyclic) bond motifs is 3. The molecule has 1 aromatic heterocycles. The Bertz CT molecular complexity index is 1260. The van der Waals surface area contributed by atoms with Crippen LogP contribution in [0.15, 0.2) is 60.7 Å². The molecule has 4 nitrogen and oxygen atoms in total. The summed E-state index contributed by atoms with van der Waals surface area (Å²) >= 11 is 0. The highest BCUT2D eigenvalue weighted by molar-refractivity contribution is 6.18. The van der Waals surface area contributed by atoms with Crippen molar-refractivity contribution in [2.24, 2.45) is 5.73 Å². The Hall–Kier alpha value is -3.58. The zero-order valence-corrected chi connectivity index (χ0v) is 15.9. The van der Waals surface area contributed by atoms with Gasteiger partial charge in [0, 0.05) is 28.4 Å². The summed E-state index contributed by atoms with van der Waals surface area (Å²) < 4.78 is 2.21. The molecule has 4 heteroatoms. The van der Waals surface area contributed by atoms with Gasteiger partial charge < -0.3 is 10.3 Å². The second-order valence-electron chi connectivity index (χ2n) is 7.39. The summed E-state index contributed by atoms with van der Waals surface area (Å²) in [6.45, 7) is 4.94. The standard InChI is InChI=1S/C24H21N3O/c1-15(2)18-9-10-19-22(12-18)27(14-17-6-3-5-16(11-17)13-25)21-8-4-7-20(23(19)21)24(26)28/h3-12,15H,14H2,1-2H3,(H2,26,28). The van der Waals surface area contributed by atoms with Gasteiger partial charge in [-0.1, -0.05) is 44.2 Å². The number of carbonyl (C=O) groups excluding carboxylic acids is 1. The molecule has 4 rings (SSSR count). The van der Waals surface area contributed by atoms with Crippen LogP contribution in [0.3, 0.4) is 0 Å². The van der Waals surface area contributed by atoms with Crippen LogP contribution in [0.1, 0.15) is 46.8 Å². The molecule has 1 amide bonds. The summed E-state index contributed by atoms with van der Waals surface area (Å²) in [5.41, 5.74) is 11.1. The first-order valence-electron chi connectivity index (χ1n) is 9.33. The maximum atomic E-state index is 12.1. The Labute approximate surface area is 163 Å². The third kappa shape index (κ3) is 2.91. The molecule has 3 aromatic carbocycles. The number of carbonyl (C=O) groups is 1. The highest BCUT2D eigenvalue weighted by Crippen LogP contribution is 2.34. The fourth-order valence-electron chi connectivity index (χ4n) is 3.82. The van der Waals surface area contributed by atoms with E-state index in [2.05, 4.69) is 42.7 Å². The van der Waals surface area contributed by atoms with E-state index in [1.807, 2.05) is 30.3 Å². The monoisotopic (exact) mass is 367 g/mol. The Morgan fingerprint density at radius 2 is 1.86 bits per heavy atom. The van der Waals surface area contributed by atoms with Gasteiger partial charge in [-0.05, 0) is 47.4 Å². The first-order chi connectivity index (χ1) is 13.5. The van der Waals surface area contributed by atoms with E-state index in [-0.39, 0.29) is 0 Å². The summed E-state index contributed by atoms with van der Waals surface area (Å²) in [5.74, 6) is -0.0301. The van der Waals surface area contributed by atoms with Crippen LogP contribution >= 0.6 is 0 Å². The van der Waals surface area contributed by atoms with Gasteiger partial charge in [0.2, 0.25) is 5.91 Å². The van der Waals surface area contributed by atoms with Gasteiger partial charge in [-0.15, -0.1) is 0 Å². The zero-order chi connectivity index (χ0) is 19.8. The summed E-state index contributed by atoms with van der Waals surface area (Å²) in [6, 6.07) is 21.9. The van der Waals surface area contributed by atoms with Crippen molar-refractivity contribution in [3.05, 3.63) is 82.9 Å². The van der Waals surface area contributed by atoms with E-state index in [0.717, 1.165) is 27.4 Å². The van der Waals surface area contributed by atoms with Crippen molar-refractivity contribution in [3.8, 4) is 6.07 Å². The smallest absolute Gasteiger partial charge is 0.249 e. The van der Waals surface area contributed by atoms with Crippen molar-refractivity contribution in [3.63, 3.8) is 0 Å². The lowest BCUT2D eigenvalue weighted by molar-refractivity contribution is 0.100. The summed E-state index contributed by atoms with van der Waals surface area (Å²) in [6.07, 6.45) is 0. The lowest BCUT2D eigenvalue weighted by Gasteiger charge is -2.10. The van der Waals surface area contributed by atoms with Gasteiger partial charge in [0.25, 0.3) is 0 Å². The molecule has 0 atom stereocenters. The minimum atomic E-state index is -0.427. The molecule has 138 valence electrons. The average molecular weight is 367 g/mol. The molecule has 1 heterocycles. The predicted octanol–water partition coefficient (Wildman–Crippen LogP) is 4.94. The molecule has 0 aliphatic heterocycles. The number of primary amides is 1. The average Bonchev–Trinajstić information content (AvgIpc) is 3.01. The molecular formula is C24H21N3O. The SMILES string of the molecule is CC(C)c1ccc2c3c(C(N)=O)cccc3n(Cc3cccc(C#N)c3)c2c1. The number of nitriles is 1. The van der Waals surface area contributed by atoms with E-state index in [0.29, 0.717) is 23.6 Å². The summed E-state index contributed by atoms with van der Waals surface area (Å²) in [4.78, 5) is 12.1. The van der Waals surface area contributed by atoms with Gasteiger partial charge in [0.15, 0.2) is 0 Å². The molecule has 2 N–H and O–H groups in total. The molecule has 28 heavy (non-hydrogen) atoms. The van der Waals surface area contributed by atoms with Crippen LogP contribution in [0, 0.1) is 11.3 Å².